The Morgan fingerprint density at radius 3 is 2.74 bits per heavy atom. The van der Waals surface area contributed by atoms with Gasteiger partial charge in [0.25, 0.3) is 0 Å². The summed E-state index contributed by atoms with van der Waals surface area (Å²) >= 11 is 3.14. The summed E-state index contributed by atoms with van der Waals surface area (Å²) < 4.78 is 14.2. The van der Waals surface area contributed by atoms with Crippen LogP contribution in [-0.4, -0.2) is 10.9 Å². The standard InChI is InChI=1S/C13H11BrFN3O/c1-8(19)17-10-3-2-4-11(6-10)18-13-12(15)5-9(14)7-16-13/h2-7H,1H3,(H,16,18)(H,17,19). The largest absolute Gasteiger partial charge is 0.338 e. The fourth-order valence-electron chi connectivity index (χ4n) is 1.52. The number of aromatic nitrogens is 1. The molecule has 98 valence electrons. The summed E-state index contributed by atoms with van der Waals surface area (Å²) in [5, 5.41) is 5.51. The van der Waals surface area contributed by atoms with E-state index in [1.54, 1.807) is 24.3 Å². The quantitative estimate of drug-likeness (QED) is 0.905. The molecule has 0 aliphatic carbocycles. The molecule has 1 aromatic heterocycles. The molecule has 0 saturated heterocycles. The van der Waals surface area contributed by atoms with Crippen LogP contribution in [0.5, 0.6) is 0 Å². The van der Waals surface area contributed by atoms with Crippen LogP contribution in [-0.2, 0) is 4.79 Å². The van der Waals surface area contributed by atoms with E-state index in [9.17, 15) is 9.18 Å². The Bertz CT molecular complexity index is 619. The second-order valence-electron chi connectivity index (χ2n) is 3.87. The molecule has 2 rings (SSSR count). The molecule has 19 heavy (non-hydrogen) atoms. The minimum Gasteiger partial charge on any atom is -0.338 e. The third-order valence-corrected chi connectivity index (χ3v) is 2.69. The van der Waals surface area contributed by atoms with Crippen molar-refractivity contribution in [2.24, 2.45) is 0 Å². The van der Waals surface area contributed by atoms with Gasteiger partial charge in [0.1, 0.15) is 0 Å². The minimum atomic E-state index is -0.459. The molecule has 0 bridgehead atoms. The molecule has 1 heterocycles. The highest BCUT2D eigenvalue weighted by molar-refractivity contribution is 9.10. The Kier molecular flexibility index (Phi) is 4.11. The van der Waals surface area contributed by atoms with Gasteiger partial charge in [-0.15, -0.1) is 0 Å². The monoisotopic (exact) mass is 323 g/mol. The van der Waals surface area contributed by atoms with E-state index in [2.05, 4.69) is 31.5 Å². The van der Waals surface area contributed by atoms with Gasteiger partial charge in [0.05, 0.1) is 0 Å². The van der Waals surface area contributed by atoms with Gasteiger partial charge in [0.2, 0.25) is 5.91 Å². The van der Waals surface area contributed by atoms with Crippen molar-refractivity contribution in [3.63, 3.8) is 0 Å². The van der Waals surface area contributed by atoms with Gasteiger partial charge < -0.3 is 10.6 Å². The van der Waals surface area contributed by atoms with Crippen molar-refractivity contribution in [2.45, 2.75) is 6.92 Å². The number of benzene rings is 1. The van der Waals surface area contributed by atoms with Crippen molar-refractivity contribution in [1.82, 2.24) is 4.98 Å². The first kappa shape index (κ1) is 13.5. The lowest BCUT2D eigenvalue weighted by atomic mass is 10.2. The lowest BCUT2D eigenvalue weighted by Crippen LogP contribution is -2.06. The normalized spacial score (nSPS) is 10.1. The van der Waals surface area contributed by atoms with Crippen LogP contribution in [0.4, 0.5) is 21.6 Å². The van der Waals surface area contributed by atoms with Crippen molar-refractivity contribution in [2.75, 3.05) is 10.6 Å². The van der Waals surface area contributed by atoms with Gasteiger partial charge in [0, 0.05) is 29.0 Å². The third-order valence-electron chi connectivity index (χ3n) is 2.25. The van der Waals surface area contributed by atoms with Crippen molar-refractivity contribution in [1.29, 1.82) is 0 Å². The van der Waals surface area contributed by atoms with Gasteiger partial charge in [-0.2, -0.15) is 0 Å². The van der Waals surface area contributed by atoms with E-state index in [0.717, 1.165) is 0 Å². The minimum absolute atomic E-state index is 0.128. The second kappa shape index (κ2) is 5.79. The number of carbonyl (C=O) groups excluding carboxylic acids is 1. The average molecular weight is 324 g/mol. The molecule has 0 spiro atoms. The van der Waals surface area contributed by atoms with E-state index in [0.29, 0.717) is 15.8 Å². The summed E-state index contributed by atoms with van der Waals surface area (Å²) in [4.78, 5) is 14.9. The number of hydrogen-bond donors (Lipinski definition) is 2. The number of nitrogens with zero attached hydrogens (tertiary/aromatic N) is 1. The summed E-state index contributed by atoms with van der Waals surface area (Å²) in [6.07, 6.45) is 1.50. The number of carbonyl (C=O) groups is 1. The molecule has 1 aromatic carbocycles. The molecular formula is C13H11BrFN3O. The fourth-order valence-corrected chi connectivity index (χ4v) is 1.82. The fraction of sp³-hybridized carbons (Fsp3) is 0.0769. The number of halogens is 2. The lowest BCUT2D eigenvalue weighted by molar-refractivity contribution is -0.114. The van der Waals surface area contributed by atoms with Crippen molar-refractivity contribution in [3.8, 4) is 0 Å². The predicted molar refractivity (Wildman–Crippen MR) is 75.9 cm³/mol. The first-order valence-electron chi connectivity index (χ1n) is 5.50. The van der Waals surface area contributed by atoms with Gasteiger partial charge in [0.15, 0.2) is 11.6 Å². The molecule has 4 nitrogen and oxygen atoms in total. The molecule has 0 unspecified atom stereocenters. The Hall–Kier alpha value is -1.95. The van der Waals surface area contributed by atoms with Crippen LogP contribution in [0.25, 0.3) is 0 Å². The SMILES string of the molecule is CC(=O)Nc1cccc(Nc2ncc(Br)cc2F)c1. The maximum Gasteiger partial charge on any atom is 0.221 e. The van der Waals surface area contributed by atoms with Gasteiger partial charge in [-0.25, -0.2) is 9.37 Å². The number of amides is 1. The van der Waals surface area contributed by atoms with Gasteiger partial charge in [-0.1, -0.05) is 6.07 Å². The highest BCUT2D eigenvalue weighted by Gasteiger charge is 2.05. The topological polar surface area (TPSA) is 54.0 Å². The number of nitrogens with one attached hydrogen (secondary N) is 2. The van der Waals surface area contributed by atoms with E-state index in [-0.39, 0.29) is 11.7 Å². The summed E-state index contributed by atoms with van der Waals surface area (Å²) in [6.45, 7) is 1.43. The molecule has 0 atom stereocenters. The number of hydrogen-bond acceptors (Lipinski definition) is 3. The highest BCUT2D eigenvalue weighted by atomic mass is 79.9. The summed E-state index contributed by atoms with van der Waals surface area (Å²) in [5.41, 5.74) is 1.27. The maximum atomic E-state index is 13.6. The molecule has 0 radical (unpaired) electrons. The Morgan fingerprint density at radius 2 is 2.05 bits per heavy atom. The van der Waals surface area contributed by atoms with E-state index in [1.165, 1.54) is 19.2 Å². The molecule has 1 amide bonds. The van der Waals surface area contributed by atoms with Crippen LogP contribution in [0.15, 0.2) is 41.0 Å². The summed E-state index contributed by atoms with van der Waals surface area (Å²) in [6, 6.07) is 8.29. The Morgan fingerprint density at radius 1 is 1.32 bits per heavy atom. The van der Waals surface area contributed by atoms with Crippen LogP contribution < -0.4 is 10.6 Å². The van der Waals surface area contributed by atoms with E-state index < -0.39 is 5.82 Å². The molecule has 2 N–H and O–H groups in total. The molecule has 6 heteroatoms. The lowest BCUT2D eigenvalue weighted by Gasteiger charge is -2.09. The van der Waals surface area contributed by atoms with Crippen LogP contribution in [0.1, 0.15) is 6.92 Å². The Balaban J connectivity index is 2.21. The van der Waals surface area contributed by atoms with Gasteiger partial charge in [-0.05, 0) is 40.2 Å². The maximum absolute atomic E-state index is 13.6. The zero-order valence-corrected chi connectivity index (χ0v) is 11.7. The summed E-state index contributed by atoms with van der Waals surface area (Å²) in [5.74, 6) is -0.493. The van der Waals surface area contributed by atoms with Crippen LogP contribution in [0.2, 0.25) is 0 Å². The van der Waals surface area contributed by atoms with Crippen molar-refractivity contribution in [3.05, 3.63) is 46.8 Å². The van der Waals surface area contributed by atoms with Crippen LogP contribution in [0.3, 0.4) is 0 Å². The molecule has 2 aromatic rings. The number of anilines is 3. The molecule has 0 saturated carbocycles. The summed E-state index contributed by atoms with van der Waals surface area (Å²) in [7, 11) is 0. The van der Waals surface area contributed by atoms with Crippen LogP contribution in [0, 0.1) is 5.82 Å². The van der Waals surface area contributed by atoms with Gasteiger partial charge >= 0.3 is 0 Å². The van der Waals surface area contributed by atoms with Crippen molar-refractivity contribution < 1.29 is 9.18 Å². The van der Waals surface area contributed by atoms with Crippen LogP contribution >= 0.6 is 15.9 Å². The van der Waals surface area contributed by atoms with E-state index >= 15 is 0 Å². The van der Waals surface area contributed by atoms with Gasteiger partial charge in [-0.3, -0.25) is 4.79 Å². The van der Waals surface area contributed by atoms with Crippen molar-refractivity contribution >= 4 is 39.0 Å². The molecule has 0 aliphatic heterocycles. The first-order chi connectivity index (χ1) is 9.04. The zero-order valence-electron chi connectivity index (χ0n) is 10.1. The second-order valence-corrected chi connectivity index (χ2v) is 4.79. The average Bonchev–Trinajstić information content (AvgIpc) is 2.32. The predicted octanol–water partition coefficient (Wildman–Crippen LogP) is 3.69. The third kappa shape index (κ3) is 3.75. The smallest absolute Gasteiger partial charge is 0.221 e. The molecule has 0 fully saturated rings. The zero-order chi connectivity index (χ0) is 13.8. The first-order valence-corrected chi connectivity index (χ1v) is 6.29. The highest BCUT2D eigenvalue weighted by Crippen LogP contribution is 2.22. The Labute approximate surface area is 118 Å². The number of pyridine rings is 1. The number of rotatable bonds is 3. The molecular weight excluding hydrogens is 313 g/mol. The van der Waals surface area contributed by atoms with E-state index in [1.807, 2.05) is 0 Å². The van der Waals surface area contributed by atoms with E-state index in [4.69, 9.17) is 0 Å². The molecule has 0 aliphatic rings.